The standard InChI is InChI=1S/C12H24N2O2/c1-4-14(5-2)12(16)9(3)13-10-7-6-8-11(10)15/h9-11,13,15H,4-8H2,1-3H3. The van der Waals surface area contributed by atoms with E-state index in [0.29, 0.717) is 0 Å². The molecule has 0 heterocycles. The normalized spacial score (nSPS) is 26.8. The molecule has 0 aliphatic heterocycles. The van der Waals surface area contributed by atoms with E-state index in [1.165, 1.54) is 0 Å². The highest BCUT2D eigenvalue weighted by molar-refractivity contribution is 5.81. The van der Waals surface area contributed by atoms with Crippen molar-refractivity contribution in [1.29, 1.82) is 0 Å². The summed E-state index contributed by atoms with van der Waals surface area (Å²) in [5.74, 6) is 0.129. The summed E-state index contributed by atoms with van der Waals surface area (Å²) in [6.45, 7) is 7.34. The smallest absolute Gasteiger partial charge is 0.239 e. The maximum Gasteiger partial charge on any atom is 0.239 e. The van der Waals surface area contributed by atoms with Gasteiger partial charge in [0.15, 0.2) is 0 Å². The molecule has 1 rings (SSSR count). The third-order valence-corrected chi connectivity index (χ3v) is 3.39. The quantitative estimate of drug-likeness (QED) is 0.730. The molecule has 0 bridgehead atoms. The van der Waals surface area contributed by atoms with Gasteiger partial charge in [0.1, 0.15) is 0 Å². The molecule has 1 fully saturated rings. The van der Waals surface area contributed by atoms with Crippen molar-refractivity contribution in [2.24, 2.45) is 0 Å². The number of carbonyl (C=O) groups is 1. The van der Waals surface area contributed by atoms with Crippen molar-refractivity contribution in [3.63, 3.8) is 0 Å². The van der Waals surface area contributed by atoms with Gasteiger partial charge >= 0.3 is 0 Å². The zero-order chi connectivity index (χ0) is 12.1. The van der Waals surface area contributed by atoms with Crippen molar-refractivity contribution in [3.05, 3.63) is 0 Å². The number of aliphatic hydroxyl groups excluding tert-OH is 1. The van der Waals surface area contributed by atoms with Crippen LogP contribution in [0.15, 0.2) is 0 Å². The number of rotatable bonds is 5. The molecular formula is C12H24N2O2. The number of aliphatic hydroxyl groups is 1. The molecule has 3 atom stereocenters. The predicted molar refractivity (Wildman–Crippen MR) is 64.2 cm³/mol. The molecule has 1 amide bonds. The highest BCUT2D eigenvalue weighted by atomic mass is 16.3. The van der Waals surface area contributed by atoms with Crippen molar-refractivity contribution in [2.75, 3.05) is 13.1 Å². The molecule has 0 saturated heterocycles. The van der Waals surface area contributed by atoms with Gasteiger partial charge in [0.05, 0.1) is 12.1 Å². The van der Waals surface area contributed by atoms with Gasteiger partial charge in [-0.15, -0.1) is 0 Å². The SMILES string of the molecule is CCN(CC)C(=O)C(C)NC1CCCC1O. The molecule has 4 heteroatoms. The van der Waals surface area contributed by atoms with Crippen LogP contribution in [0.5, 0.6) is 0 Å². The largest absolute Gasteiger partial charge is 0.392 e. The second kappa shape index (κ2) is 6.21. The van der Waals surface area contributed by atoms with Gasteiger partial charge in [-0.3, -0.25) is 4.79 Å². The Labute approximate surface area is 98.0 Å². The van der Waals surface area contributed by atoms with Crippen LogP contribution in [0.25, 0.3) is 0 Å². The second-order valence-electron chi connectivity index (χ2n) is 4.50. The van der Waals surface area contributed by atoms with Crippen molar-refractivity contribution in [2.45, 2.75) is 58.2 Å². The average molecular weight is 228 g/mol. The molecule has 1 saturated carbocycles. The summed E-state index contributed by atoms with van der Waals surface area (Å²) in [7, 11) is 0. The first-order valence-corrected chi connectivity index (χ1v) is 6.33. The van der Waals surface area contributed by atoms with E-state index in [9.17, 15) is 9.90 Å². The lowest BCUT2D eigenvalue weighted by Gasteiger charge is -2.26. The van der Waals surface area contributed by atoms with E-state index in [0.717, 1.165) is 32.4 Å². The average Bonchev–Trinajstić information content (AvgIpc) is 2.66. The van der Waals surface area contributed by atoms with Crippen LogP contribution in [-0.2, 0) is 4.79 Å². The molecule has 0 radical (unpaired) electrons. The Morgan fingerprint density at radius 1 is 1.44 bits per heavy atom. The zero-order valence-corrected chi connectivity index (χ0v) is 10.6. The minimum atomic E-state index is -0.285. The summed E-state index contributed by atoms with van der Waals surface area (Å²) in [6, 6.07) is -0.104. The first-order chi connectivity index (χ1) is 7.60. The van der Waals surface area contributed by atoms with E-state index < -0.39 is 0 Å². The Morgan fingerprint density at radius 2 is 2.06 bits per heavy atom. The molecule has 0 aromatic rings. The predicted octanol–water partition coefficient (Wildman–Crippen LogP) is 0.746. The van der Waals surface area contributed by atoms with E-state index in [1.807, 2.05) is 25.7 Å². The molecular weight excluding hydrogens is 204 g/mol. The molecule has 94 valence electrons. The van der Waals surface area contributed by atoms with Gasteiger partial charge in [-0.2, -0.15) is 0 Å². The Bertz CT molecular complexity index is 229. The van der Waals surface area contributed by atoms with Crippen LogP contribution in [0, 0.1) is 0 Å². The Hall–Kier alpha value is -0.610. The minimum absolute atomic E-state index is 0.0921. The van der Waals surface area contributed by atoms with Crippen LogP contribution in [-0.4, -0.2) is 47.2 Å². The van der Waals surface area contributed by atoms with Crippen molar-refractivity contribution < 1.29 is 9.90 Å². The summed E-state index contributed by atoms with van der Waals surface area (Å²) >= 11 is 0. The van der Waals surface area contributed by atoms with E-state index in [1.54, 1.807) is 0 Å². The fourth-order valence-corrected chi connectivity index (χ4v) is 2.34. The summed E-state index contributed by atoms with van der Waals surface area (Å²) < 4.78 is 0. The van der Waals surface area contributed by atoms with E-state index >= 15 is 0 Å². The fraction of sp³-hybridized carbons (Fsp3) is 0.917. The molecule has 1 aliphatic rings. The highest BCUT2D eigenvalue weighted by Crippen LogP contribution is 2.19. The molecule has 2 N–H and O–H groups in total. The van der Waals surface area contributed by atoms with Gasteiger partial charge < -0.3 is 15.3 Å². The van der Waals surface area contributed by atoms with Crippen LogP contribution >= 0.6 is 0 Å². The topological polar surface area (TPSA) is 52.6 Å². The molecule has 3 unspecified atom stereocenters. The molecule has 1 aliphatic carbocycles. The van der Waals surface area contributed by atoms with Gasteiger partial charge in [-0.25, -0.2) is 0 Å². The minimum Gasteiger partial charge on any atom is -0.392 e. The number of nitrogens with one attached hydrogen (secondary N) is 1. The number of hydrogen-bond acceptors (Lipinski definition) is 3. The second-order valence-corrected chi connectivity index (χ2v) is 4.50. The van der Waals surface area contributed by atoms with Crippen LogP contribution in [0.3, 0.4) is 0 Å². The van der Waals surface area contributed by atoms with E-state index in [2.05, 4.69) is 5.32 Å². The first-order valence-electron chi connectivity index (χ1n) is 6.33. The van der Waals surface area contributed by atoms with E-state index in [4.69, 9.17) is 0 Å². The van der Waals surface area contributed by atoms with Crippen LogP contribution in [0.2, 0.25) is 0 Å². The third kappa shape index (κ3) is 3.19. The number of hydrogen-bond donors (Lipinski definition) is 2. The lowest BCUT2D eigenvalue weighted by Crippen LogP contribution is -2.50. The van der Waals surface area contributed by atoms with Gasteiger partial charge in [0, 0.05) is 19.1 Å². The number of amides is 1. The Morgan fingerprint density at radius 3 is 2.50 bits per heavy atom. The number of nitrogens with zero attached hydrogens (tertiary/aromatic N) is 1. The third-order valence-electron chi connectivity index (χ3n) is 3.39. The Kier molecular flexibility index (Phi) is 5.22. The van der Waals surface area contributed by atoms with E-state index in [-0.39, 0.29) is 24.1 Å². The number of likely N-dealkylation sites (N-methyl/N-ethyl adjacent to an activating group) is 1. The van der Waals surface area contributed by atoms with Gasteiger partial charge in [0.2, 0.25) is 5.91 Å². The van der Waals surface area contributed by atoms with Crippen molar-refractivity contribution in [1.82, 2.24) is 10.2 Å². The number of carbonyl (C=O) groups excluding carboxylic acids is 1. The van der Waals surface area contributed by atoms with Crippen molar-refractivity contribution >= 4 is 5.91 Å². The maximum atomic E-state index is 12.0. The van der Waals surface area contributed by atoms with Crippen LogP contribution < -0.4 is 5.32 Å². The monoisotopic (exact) mass is 228 g/mol. The van der Waals surface area contributed by atoms with Gasteiger partial charge in [0.25, 0.3) is 0 Å². The van der Waals surface area contributed by atoms with Crippen molar-refractivity contribution in [3.8, 4) is 0 Å². The van der Waals surface area contributed by atoms with Gasteiger partial charge in [-0.05, 0) is 40.0 Å². The maximum absolute atomic E-state index is 12.0. The summed E-state index contributed by atoms with van der Waals surface area (Å²) in [6.07, 6.45) is 2.58. The molecule has 0 aromatic heterocycles. The van der Waals surface area contributed by atoms with Gasteiger partial charge in [-0.1, -0.05) is 0 Å². The zero-order valence-electron chi connectivity index (χ0n) is 10.6. The fourth-order valence-electron chi connectivity index (χ4n) is 2.34. The molecule has 0 aromatic carbocycles. The summed E-state index contributed by atoms with van der Waals surface area (Å²) in [4.78, 5) is 13.8. The summed E-state index contributed by atoms with van der Waals surface area (Å²) in [5.41, 5.74) is 0. The summed E-state index contributed by atoms with van der Waals surface area (Å²) in [5, 5.41) is 12.9. The lowest BCUT2D eigenvalue weighted by molar-refractivity contribution is -0.133. The van der Waals surface area contributed by atoms with Crippen LogP contribution in [0.1, 0.15) is 40.0 Å². The highest BCUT2D eigenvalue weighted by Gasteiger charge is 2.28. The van der Waals surface area contributed by atoms with Crippen LogP contribution in [0.4, 0.5) is 0 Å². The Balaban J connectivity index is 2.44. The first kappa shape index (κ1) is 13.5. The molecule has 4 nitrogen and oxygen atoms in total. The molecule has 0 spiro atoms. The molecule has 16 heavy (non-hydrogen) atoms. The lowest BCUT2D eigenvalue weighted by atomic mass is 10.1.